The molecule has 10 heteroatoms. The maximum absolute atomic E-state index is 11.7. The lowest BCUT2D eigenvalue weighted by atomic mass is 10.3. The van der Waals surface area contributed by atoms with Crippen molar-refractivity contribution in [2.75, 3.05) is 65.9 Å². The number of imide groups is 1. The predicted octanol–water partition coefficient (Wildman–Crippen LogP) is -0.537. The van der Waals surface area contributed by atoms with Gasteiger partial charge in [-0.25, -0.2) is 0 Å². The largest absolute Gasteiger partial charge is 0.379 e. The average Bonchev–Trinajstić information content (AvgIpc) is 3.00. The Morgan fingerprint density at radius 1 is 0.793 bits per heavy atom. The first-order chi connectivity index (χ1) is 14.0. The standard InChI is InChI=1S/C19H30N2O8/c1-16(22)5-8-26-10-12-28-14-15-29-13-11-27-9-6-20-17(23)4-7-21-18(24)2-3-19(21)25/h2-3H,4-15H2,1H3,(H,20,23). The Morgan fingerprint density at radius 3 is 1.79 bits per heavy atom. The average molecular weight is 414 g/mol. The van der Waals surface area contributed by atoms with Gasteiger partial charge in [-0.1, -0.05) is 0 Å². The van der Waals surface area contributed by atoms with Gasteiger partial charge in [0.25, 0.3) is 11.8 Å². The van der Waals surface area contributed by atoms with Crippen molar-refractivity contribution in [3.05, 3.63) is 12.2 Å². The van der Waals surface area contributed by atoms with E-state index in [-0.39, 0.29) is 24.7 Å². The number of amides is 3. The number of Topliss-reactive ketones (excluding diaryl/α,β-unsaturated/α-hetero) is 1. The van der Waals surface area contributed by atoms with Gasteiger partial charge >= 0.3 is 0 Å². The minimum absolute atomic E-state index is 0.0596. The molecule has 0 aliphatic carbocycles. The van der Waals surface area contributed by atoms with Crippen LogP contribution in [0.5, 0.6) is 0 Å². The van der Waals surface area contributed by atoms with Crippen LogP contribution in [0.15, 0.2) is 12.2 Å². The molecule has 1 rings (SSSR count). The first-order valence-corrected chi connectivity index (χ1v) is 9.61. The molecule has 0 spiro atoms. The van der Waals surface area contributed by atoms with Gasteiger partial charge in [0.2, 0.25) is 5.91 Å². The number of nitrogens with one attached hydrogen (secondary N) is 1. The predicted molar refractivity (Wildman–Crippen MR) is 102 cm³/mol. The summed E-state index contributed by atoms with van der Waals surface area (Å²) >= 11 is 0. The SMILES string of the molecule is CC(=O)CCOCCOCCOCCOCCNC(=O)CCN1C(=O)C=CC1=O. The van der Waals surface area contributed by atoms with Crippen molar-refractivity contribution in [2.24, 2.45) is 0 Å². The summed E-state index contributed by atoms with van der Waals surface area (Å²) in [7, 11) is 0. The molecule has 0 aromatic carbocycles. The molecule has 164 valence electrons. The van der Waals surface area contributed by atoms with Gasteiger partial charge in [-0.15, -0.1) is 0 Å². The molecular weight excluding hydrogens is 384 g/mol. The van der Waals surface area contributed by atoms with Gasteiger partial charge < -0.3 is 24.3 Å². The lowest BCUT2D eigenvalue weighted by Crippen LogP contribution is -2.35. The Hall–Kier alpha value is -2.14. The highest BCUT2D eigenvalue weighted by molar-refractivity contribution is 6.13. The molecule has 1 aliphatic rings. The second kappa shape index (κ2) is 15.7. The zero-order valence-corrected chi connectivity index (χ0v) is 16.9. The van der Waals surface area contributed by atoms with E-state index in [2.05, 4.69) is 5.32 Å². The van der Waals surface area contributed by atoms with Gasteiger partial charge in [0.1, 0.15) is 5.78 Å². The van der Waals surface area contributed by atoms with E-state index in [1.165, 1.54) is 19.1 Å². The maximum atomic E-state index is 11.7. The molecule has 0 aromatic heterocycles. The number of nitrogens with zero attached hydrogens (tertiary/aromatic N) is 1. The second-order valence-corrected chi connectivity index (χ2v) is 6.16. The first kappa shape index (κ1) is 24.9. The Labute approximate surface area is 170 Å². The van der Waals surface area contributed by atoms with E-state index in [4.69, 9.17) is 18.9 Å². The second-order valence-electron chi connectivity index (χ2n) is 6.16. The summed E-state index contributed by atoms with van der Waals surface area (Å²) in [6.07, 6.45) is 2.86. The first-order valence-electron chi connectivity index (χ1n) is 9.61. The number of hydrogen-bond acceptors (Lipinski definition) is 8. The fourth-order valence-electron chi connectivity index (χ4n) is 2.19. The highest BCUT2D eigenvalue weighted by Crippen LogP contribution is 2.03. The van der Waals surface area contributed by atoms with Gasteiger partial charge in [-0.05, 0) is 6.92 Å². The normalized spacial score (nSPS) is 13.3. The number of hydrogen-bond donors (Lipinski definition) is 1. The minimum atomic E-state index is -0.394. The van der Waals surface area contributed by atoms with Crippen LogP contribution in [-0.4, -0.2) is 94.3 Å². The lowest BCUT2D eigenvalue weighted by molar-refractivity contribution is -0.137. The van der Waals surface area contributed by atoms with Crippen LogP contribution in [0.25, 0.3) is 0 Å². The Bertz CT molecular complexity index is 546. The van der Waals surface area contributed by atoms with Crippen LogP contribution in [-0.2, 0) is 38.1 Å². The third-order valence-electron chi connectivity index (χ3n) is 3.75. The van der Waals surface area contributed by atoms with Crippen LogP contribution in [0.1, 0.15) is 19.8 Å². The zero-order valence-electron chi connectivity index (χ0n) is 16.9. The molecule has 3 amide bonds. The van der Waals surface area contributed by atoms with Crippen molar-refractivity contribution in [1.82, 2.24) is 10.2 Å². The molecule has 10 nitrogen and oxygen atoms in total. The van der Waals surface area contributed by atoms with E-state index in [9.17, 15) is 19.2 Å². The van der Waals surface area contributed by atoms with Crippen molar-refractivity contribution in [2.45, 2.75) is 19.8 Å². The van der Waals surface area contributed by atoms with Crippen LogP contribution in [0.4, 0.5) is 0 Å². The summed E-state index contributed by atoms with van der Waals surface area (Å²) in [5, 5.41) is 2.66. The minimum Gasteiger partial charge on any atom is -0.379 e. The topological polar surface area (TPSA) is 120 Å². The molecule has 0 saturated heterocycles. The Morgan fingerprint density at radius 2 is 1.28 bits per heavy atom. The fraction of sp³-hybridized carbons (Fsp3) is 0.684. The monoisotopic (exact) mass is 414 g/mol. The molecule has 0 saturated carbocycles. The maximum Gasteiger partial charge on any atom is 0.253 e. The lowest BCUT2D eigenvalue weighted by Gasteiger charge is -2.13. The third-order valence-corrected chi connectivity index (χ3v) is 3.75. The highest BCUT2D eigenvalue weighted by Gasteiger charge is 2.23. The summed E-state index contributed by atoms with van der Waals surface area (Å²) in [6.45, 7) is 5.29. The molecule has 1 N–H and O–H groups in total. The molecule has 0 unspecified atom stereocenters. The molecule has 29 heavy (non-hydrogen) atoms. The molecule has 0 radical (unpaired) electrons. The summed E-state index contributed by atoms with van der Waals surface area (Å²) < 4.78 is 21.2. The van der Waals surface area contributed by atoms with Gasteiger partial charge in [-0.2, -0.15) is 0 Å². The molecule has 1 heterocycles. The number of rotatable bonds is 18. The Kier molecular flexibility index (Phi) is 13.5. The van der Waals surface area contributed by atoms with E-state index in [0.717, 1.165) is 4.90 Å². The zero-order chi connectivity index (χ0) is 21.3. The highest BCUT2D eigenvalue weighted by atomic mass is 16.6. The Balaban J connectivity index is 1.79. The molecule has 0 aromatic rings. The fourth-order valence-corrected chi connectivity index (χ4v) is 2.19. The van der Waals surface area contributed by atoms with Gasteiger partial charge in [0.05, 0.1) is 52.9 Å². The molecule has 0 bridgehead atoms. The molecule has 0 atom stereocenters. The smallest absolute Gasteiger partial charge is 0.253 e. The van der Waals surface area contributed by atoms with E-state index in [0.29, 0.717) is 65.8 Å². The van der Waals surface area contributed by atoms with Crippen molar-refractivity contribution < 1.29 is 38.1 Å². The van der Waals surface area contributed by atoms with Crippen molar-refractivity contribution in [1.29, 1.82) is 0 Å². The number of carbonyl (C=O) groups excluding carboxylic acids is 4. The van der Waals surface area contributed by atoms with Crippen molar-refractivity contribution >= 4 is 23.5 Å². The molecule has 1 aliphatic heterocycles. The molecule has 0 fully saturated rings. The van der Waals surface area contributed by atoms with Gasteiger partial charge in [0, 0.05) is 38.1 Å². The number of ketones is 1. The van der Waals surface area contributed by atoms with Crippen LogP contribution in [0.3, 0.4) is 0 Å². The van der Waals surface area contributed by atoms with Gasteiger partial charge in [-0.3, -0.25) is 24.1 Å². The van der Waals surface area contributed by atoms with E-state index in [1.807, 2.05) is 0 Å². The summed E-state index contributed by atoms with van der Waals surface area (Å²) in [5.74, 6) is -0.932. The van der Waals surface area contributed by atoms with Gasteiger partial charge in [0.15, 0.2) is 0 Å². The molecular formula is C19H30N2O8. The summed E-state index contributed by atoms with van der Waals surface area (Å²) in [6, 6.07) is 0. The van der Waals surface area contributed by atoms with Crippen molar-refractivity contribution in [3.8, 4) is 0 Å². The summed E-state index contributed by atoms with van der Waals surface area (Å²) in [4.78, 5) is 46.1. The van der Waals surface area contributed by atoms with E-state index < -0.39 is 11.8 Å². The van der Waals surface area contributed by atoms with E-state index >= 15 is 0 Å². The van der Waals surface area contributed by atoms with E-state index in [1.54, 1.807) is 0 Å². The van der Waals surface area contributed by atoms with Crippen LogP contribution in [0.2, 0.25) is 0 Å². The van der Waals surface area contributed by atoms with Crippen LogP contribution >= 0.6 is 0 Å². The number of ether oxygens (including phenoxy) is 4. The quantitative estimate of drug-likeness (QED) is 0.235. The third kappa shape index (κ3) is 12.8. The number of carbonyl (C=O) groups is 4. The van der Waals surface area contributed by atoms with Crippen molar-refractivity contribution in [3.63, 3.8) is 0 Å². The van der Waals surface area contributed by atoms with Crippen LogP contribution in [0, 0.1) is 0 Å². The van der Waals surface area contributed by atoms with Crippen LogP contribution < -0.4 is 5.32 Å². The summed E-state index contributed by atoms with van der Waals surface area (Å²) in [5.41, 5.74) is 0.